The second-order valence-electron chi connectivity index (χ2n) is 5.50. The molecule has 0 radical (unpaired) electrons. The molecular formula is C14H19N3O5S. The van der Waals surface area contributed by atoms with Crippen LogP contribution in [-0.4, -0.2) is 58.0 Å². The van der Waals surface area contributed by atoms with Crippen molar-refractivity contribution >= 4 is 21.6 Å². The Bertz CT molecular complexity index is 734. The number of carbonyl (C=O) groups is 1. The molecule has 1 fully saturated rings. The highest BCUT2D eigenvalue weighted by Crippen LogP contribution is 2.38. The fourth-order valence-corrected chi connectivity index (χ4v) is 4.54. The van der Waals surface area contributed by atoms with Crippen LogP contribution in [-0.2, 0) is 14.8 Å². The maximum absolute atomic E-state index is 13.0. The molecule has 0 aliphatic carbocycles. The van der Waals surface area contributed by atoms with Crippen LogP contribution in [0.3, 0.4) is 0 Å². The predicted molar refractivity (Wildman–Crippen MR) is 83.3 cm³/mol. The minimum absolute atomic E-state index is 0.0450. The molecule has 9 heteroatoms. The van der Waals surface area contributed by atoms with Gasteiger partial charge in [-0.2, -0.15) is 4.31 Å². The summed E-state index contributed by atoms with van der Waals surface area (Å²) >= 11 is 0. The zero-order chi connectivity index (χ0) is 16.6. The van der Waals surface area contributed by atoms with Crippen molar-refractivity contribution in [2.24, 2.45) is 0 Å². The molecule has 1 saturated heterocycles. The van der Waals surface area contributed by atoms with Gasteiger partial charge in [-0.3, -0.25) is 4.79 Å². The normalized spacial score (nSPS) is 22.0. The molecule has 2 aliphatic heterocycles. The highest BCUT2D eigenvalue weighted by molar-refractivity contribution is 7.89. The van der Waals surface area contributed by atoms with E-state index in [9.17, 15) is 13.2 Å². The van der Waals surface area contributed by atoms with Gasteiger partial charge in [0.05, 0.1) is 12.8 Å². The van der Waals surface area contributed by atoms with Crippen molar-refractivity contribution in [3.8, 4) is 11.5 Å². The number of benzene rings is 1. The zero-order valence-electron chi connectivity index (χ0n) is 13.0. The molecule has 23 heavy (non-hydrogen) atoms. The monoisotopic (exact) mass is 341 g/mol. The molecule has 0 bridgehead atoms. The highest BCUT2D eigenvalue weighted by atomic mass is 32.2. The number of amides is 1. The van der Waals surface area contributed by atoms with Crippen LogP contribution in [0.25, 0.3) is 0 Å². The Hall–Kier alpha value is -1.84. The first-order valence-corrected chi connectivity index (χ1v) is 8.74. The number of nitrogens with zero attached hydrogens (tertiary/aromatic N) is 1. The number of anilines is 1. The number of nitrogens with one attached hydrogen (secondary N) is 2. The van der Waals surface area contributed by atoms with E-state index in [-0.39, 0.29) is 29.2 Å². The summed E-state index contributed by atoms with van der Waals surface area (Å²) in [6, 6.07) is 2.74. The van der Waals surface area contributed by atoms with Gasteiger partial charge in [-0.15, -0.1) is 0 Å². The van der Waals surface area contributed by atoms with Gasteiger partial charge in [-0.05, 0) is 6.92 Å². The number of sulfonamides is 1. The van der Waals surface area contributed by atoms with Crippen LogP contribution < -0.4 is 20.1 Å². The Morgan fingerprint density at radius 3 is 2.87 bits per heavy atom. The number of fused-ring (bicyclic) bond motifs is 1. The number of rotatable bonds is 3. The largest absolute Gasteiger partial charge is 0.495 e. The summed E-state index contributed by atoms with van der Waals surface area (Å²) in [4.78, 5) is 11.4. The lowest BCUT2D eigenvalue weighted by Gasteiger charge is -2.33. The zero-order valence-corrected chi connectivity index (χ0v) is 13.8. The van der Waals surface area contributed by atoms with E-state index in [0.717, 1.165) is 0 Å². The Labute approximate surface area is 134 Å². The molecular weight excluding hydrogens is 322 g/mol. The molecule has 2 N–H and O–H groups in total. The van der Waals surface area contributed by atoms with Crippen molar-refractivity contribution in [3.05, 3.63) is 12.1 Å². The van der Waals surface area contributed by atoms with E-state index in [2.05, 4.69) is 10.6 Å². The average molecular weight is 341 g/mol. The highest BCUT2D eigenvalue weighted by Gasteiger charge is 2.34. The van der Waals surface area contributed by atoms with E-state index in [0.29, 0.717) is 31.1 Å². The first-order valence-electron chi connectivity index (χ1n) is 7.30. The molecule has 0 spiro atoms. The summed E-state index contributed by atoms with van der Waals surface area (Å²) in [5.41, 5.74) is 0.408. The third-order valence-electron chi connectivity index (χ3n) is 3.93. The van der Waals surface area contributed by atoms with Crippen molar-refractivity contribution in [1.29, 1.82) is 0 Å². The molecule has 1 atom stereocenters. The third kappa shape index (κ3) is 2.87. The van der Waals surface area contributed by atoms with Gasteiger partial charge in [0.15, 0.2) is 6.61 Å². The molecule has 2 aliphatic rings. The van der Waals surface area contributed by atoms with Gasteiger partial charge in [0.2, 0.25) is 10.0 Å². The maximum atomic E-state index is 13.0. The first kappa shape index (κ1) is 16.0. The predicted octanol–water partition coefficient (Wildman–Crippen LogP) is 0.00850. The lowest BCUT2D eigenvalue weighted by atomic mass is 10.2. The van der Waals surface area contributed by atoms with Gasteiger partial charge in [-0.25, -0.2) is 8.42 Å². The molecule has 1 amide bonds. The number of methoxy groups -OCH3 is 1. The number of hydrogen-bond acceptors (Lipinski definition) is 6. The van der Waals surface area contributed by atoms with E-state index >= 15 is 0 Å². The smallest absolute Gasteiger partial charge is 0.262 e. The summed E-state index contributed by atoms with van der Waals surface area (Å²) in [5, 5.41) is 5.80. The van der Waals surface area contributed by atoms with Crippen LogP contribution in [0.15, 0.2) is 17.0 Å². The van der Waals surface area contributed by atoms with Crippen molar-refractivity contribution in [1.82, 2.24) is 9.62 Å². The van der Waals surface area contributed by atoms with Crippen LogP contribution in [0, 0.1) is 0 Å². The molecule has 1 aromatic carbocycles. The Morgan fingerprint density at radius 1 is 1.39 bits per heavy atom. The van der Waals surface area contributed by atoms with Crippen LogP contribution in [0.1, 0.15) is 6.92 Å². The molecule has 1 unspecified atom stereocenters. The van der Waals surface area contributed by atoms with Gasteiger partial charge in [-0.1, -0.05) is 0 Å². The molecule has 0 aromatic heterocycles. The second kappa shape index (κ2) is 5.99. The summed E-state index contributed by atoms with van der Waals surface area (Å²) in [7, 11) is -2.33. The van der Waals surface area contributed by atoms with Crippen LogP contribution >= 0.6 is 0 Å². The van der Waals surface area contributed by atoms with Gasteiger partial charge in [0.1, 0.15) is 16.4 Å². The fourth-order valence-electron chi connectivity index (χ4n) is 2.75. The van der Waals surface area contributed by atoms with Gasteiger partial charge < -0.3 is 20.1 Å². The Morgan fingerprint density at radius 2 is 2.17 bits per heavy atom. The van der Waals surface area contributed by atoms with Crippen LogP contribution in [0.4, 0.5) is 5.69 Å². The maximum Gasteiger partial charge on any atom is 0.262 e. The summed E-state index contributed by atoms with van der Waals surface area (Å²) < 4.78 is 38.0. The second-order valence-corrected chi connectivity index (χ2v) is 7.36. The molecule has 3 rings (SSSR count). The van der Waals surface area contributed by atoms with Crippen LogP contribution in [0.5, 0.6) is 11.5 Å². The van der Waals surface area contributed by atoms with E-state index in [1.165, 1.54) is 23.5 Å². The van der Waals surface area contributed by atoms with Crippen molar-refractivity contribution in [2.45, 2.75) is 17.9 Å². The van der Waals surface area contributed by atoms with Crippen LogP contribution in [0.2, 0.25) is 0 Å². The Kier molecular flexibility index (Phi) is 4.17. The van der Waals surface area contributed by atoms with Crippen molar-refractivity contribution in [2.75, 3.05) is 38.7 Å². The topological polar surface area (TPSA) is 97.0 Å². The first-order chi connectivity index (χ1) is 10.9. The number of carbonyl (C=O) groups excluding carboxylic acids is 1. The van der Waals surface area contributed by atoms with E-state index in [4.69, 9.17) is 9.47 Å². The van der Waals surface area contributed by atoms with E-state index < -0.39 is 10.0 Å². The van der Waals surface area contributed by atoms with Gasteiger partial charge in [0.25, 0.3) is 5.91 Å². The molecule has 126 valence electrons. The number of ether oxygens (including phenoxy) is 2. The van der Waals surface area contributed by atoms with Gasteiger partial charge >= 0.3 is 0 Å². The summed E-state index contributed by atoms with van der Waals surface area (Å²) in [6.07, 6.45) is 0. The average Bonchev–Trinajstić information content (AvgIpc) is 2.53. The molecule has 0 saturated carbocycles. The Balaban J connectivity index is 2.06. The summed E-state index contributed by atoms with van der Waals surface area (Å²) in [5.74, 6) is 0.220. The van der Waals surface area contributed by atoms with E-state index in [1.54, 1.807) is 0 Å². The minimum Gasteiger partial charge on any atom is -0.495 e. The number of hydrogen-bond donors (Lipinski definition) is 2. The SMILES string of the molecule is COc1cc2c(cc1S(=O)(=O)N1CCNCC1C)OCC(=O)N2. The molecule has 8 nitrogen and oxygen atoms in total. The fraction of sp³-hybridized carbons (Fsp3) is 0.500. The quantitative estimate of drug-likeness (QED) is 0.804. The lowest BCUT2D eigenvalue weighted by molar-refractivity contribution is -0.118. The molecule has 2 heterocycles. The standard InChI is InChI=1S/C14H19N3O5S/c1-9-7-15-3-4-17(9)23(19,20)13-6-11-10(5-12(13)21-2)16-14(18)8-22-11/h5-6,9,15H,3-4,7-8H2,1-2H3,(H,16,18). The lowest BCUT2D eigenvalue weighted by Crippen LogP contribution is -2.52. The van der Waals surface area contributed by atoms with Gasteiger partial charge in [0, 0.05) is 37.8 Å². The van der Waals surface area contributed by atoms with E-state index in [1.807, 2.05) is 6.92 Å². The third-order valence-corrected chi connectivity index (χ3v) is 5.96. The van der Waals surface area contributed by atoms with Crippen molar-refractivity contribution < 1.29 is 22.7 Å². The van der Waals surface area contributed by atoms with Crippen molar-refractivity contribution in [3.63, 3.8) is 0 Å². The summed E-state index contributed by atoms with van der Waals surface area (Å²) in [6.45, 7) is 3.30. The number of piperazine rings is 1. The molecule has 1 aromatic rings. The minimum atomic E-state index is -3.73.